The first-order valence-corrected chi connectivity index (χ1v) is 8.80. The van der Waals surface area contributed by atoms with E-state index in [1.165, 1.54) is 16.7 Å². The Hall–Kier alpha value is -1.89. The summed E-state index contributed by atoms with van der Waals surface area (Å²) in [6, 6.07) is 5.62. The monoisotopic (exact) mass is 352 g/mol. The fraction of sp³-hybridized carbons (Fsp3) is 0.529. The lowest BCUT2D eigenvalue weighted by molar-refractivity contribution is -0.133. The molecule has 0 saturated heterocycles. The largest absolute Gasteiger partial charge is 0.486 e. The minimum Gasteiger partial charge on any atom is -0.486 e. The van der Waals surface area contributed by atoms with Crippen molar-refractivity contribution in [2.75, 3.05) is 32.6 Å². The van der Waals surface area contributed by atoms with Gasteiger partial charge in [-0.05, 0) is 39.0 Å². The first kappa shape index (κ1) is 18.4. The standard InChI is InChI=1S/C17H24N2O4S/c1-17(2,3)18-15(20)10-19(4)16(21)11-24-12-5-6-13-14(9-12)23-8-7-22-13/h5-6,9H,7-8,10-11H2,1-4H3,(H,18,20). The molecule has 1 aliphatic rings. The molecule has 0 bridgehead atoms. The summed E-state index contributed by atoms with van der Waals surface area (Å²) in [5, 5.41) is 2.84. The number of nitrogens with zero attached hydrogens (tertiary/aromatic N) is 1. The topological polar surface area (TPSA) is 67.9 Å². The van der Waals surface area contributed by atoms with Crippen LogP contribution in [0, 0.1) is 0 Å². The smallest absolute Gasteiger partial charge is 0.240 e. The molecule has 7 heteroatoms. The van der Waals surface area contributed by atoms with Gasteiger partial charge in [-0.3, -0.25) is 9.59 Å². The number of hydrogen-bond acceptors (Lipinski definition) is 5. The molecule has 1 N–H and O–H groups in total. The van der Waals surface area contributed by atoms with E-state index in [1.807, 2.05) is 39.0 Å². The van der Waals surface area contributed by atoms with Crippen molar-refractivity contribution < 1.29 is 19.1 Å². The molecule has 0 radical (unpaired) electrons. The summed E-state index contributed by atoms with van der Waals surface area (Å²) in [7, 11) is 1.63. The number of carbonyl (C=O) groups excluding carboxylic acids is 2. The maximum atomic E-state index is 12.2. The van der Waals surface area contributed by atoms with E-state index in [-0.39, 0.29) is 29.7 Å². The van der Waals surface area contributed by atoms with Gasteiger partial charge in [0.25, 0.3) is 0 Å². The Morgan fingerprint density at radius 3 is 2.54 bits per heavy atom. The summed E-state index contributed by atoms with van der Waals surface area (Å²) in [4.78, 5) is 26.4. The zero-order valence-corrected chi connectivity index (χ0v) is 15.4. The average molecular weight is 352 g/mol. The van der Waals surface area contributed by atoms with Gasteiger partial charge in [0.15, 0.2) is 11.5 Å². The number of rotatable bonds is 5. The number of fused-ring (bicyclic) bond motifs is 1. The van der Waals surface area contributed by atoms with Crippen LogP contribution in [0.4, 0.5) is 0 Å². The second-order valence-corrected chi connectivity index (χ2v) is 7.69. The molecule has 0 fully saturated rings. The summed E-state index contributed by atoms with van der Waals surface area (Å²) in [6.45, 7) is 6.86. The van der Waals surface area contributed by atoms with Crippen molar-refractivity contribution in [3.63, 3.8) is 0 Å². The third kappa shape index (κ3) is 5.63. The molecule has 6 nitrogen and oxygen atoms in total. The Kier molecular flexibility index (Phi) is 5.99. The van der Waals surface area contributed by atoms with Crippen LogP contribution < -0.4 is 14.8 Å². The lowest BCUT2D eigenvalue weighted by Crippen LogP contribution is -2.46. The number of likely N-dealkylation sites (N-methyl/N-ethyl adjacent to an activating group) is 1. The van der Waals surface area contributed by atoms with E-state index >= 15 is 0 Å². The van der Waals surface area contributed by atoms with E-state index in [2.05, 4.69) is 5.32 Å². The number of hydrogen-bond donors (Lipinski definition) is 1. The Morgan fingerprint density at radius 1 is 1.21 bits per heavy atom. The molecule has 1 aromatic rings. The first-order valence-electron chi connectivity index (χ1n) is 7.82. The van der Waals surface area contributed by atoms with E-state index in [4.69, 9.17) is 9.47 Å². The zero-order valence-electron chi connectivity index (χ0n) is 14.5. The van der Waals surface area contributed by atoms with E-state index in [0.717, 1.165) is 10.6 Å². The van der Waals surface area contributed by atoms with E-state index in [9.17, 15) is 9.59 Å². The summed E-state index contributed by atoms with van der Waals surface area (Å²) >= 11 is 1.41. The minimum absolute atomic E-state index is 0.0534. The molecule has 0 atom stereocenters. The average Bonchev–Trinajstić information content (AvgIpc) is 2.50. The van der Waals surface area contributed by atoms with Crippen molar-refractivity contribution in [3.05, 3.63) is 18.2 Å². The van der Waals surface area contributed by atoms with Crippen LogP contribution >= 0.6 is 11.8 Å². The Labute approximate surface area is 146 Å². The van der Waals surface area contributed by atoms with Crippen molar-refractivity contribution in [2.24, 2.45) is 0 Å². The highest BCUT2D eigenvalue weighted by Crippen LogP contribution is 2.34. The molecule has 1 aliphatic heterocycles. The van der Waals surface area contributed by atoms with Gasteiger partial charge in [-0.1, -0.05) is 0 Å². The molecule has 0 aromatic heterocycles. The molecule has 0 spiro atoms. The van der Waals surface area contributed by atoms with Crippen molar-refractivity contribution >= 4 is 23.6 Å². The number of thioether (sulfide) groups is 1. The fourth-order valence-electron chi connectivity index (χ4n) is 2.13. The van der Waals surface area contributed by atoms with Crippen molar-refractivity contribution in [1.82, 2.24) is 10.2 Å². The van der Waals surface area contributed by atoms with Crippen LogP contribution in [-0.4, -0.2) is 54.8 Å². The van der Waals surface area contributed by atoms with Gasteiger partial charge in [0.05, 0.1) is 12.3 Å². The van der Waals surface area contributed by atoms with Gasteiger partial charge in [-0.2, -0.15) is 0 Å². The van der Waals surface area contributed by atoms with Crippen molar-refractivity contribution in [2.45, 2.75) is 31.2 Å². The maximum Gasteiger partial charge on any atom is 0.240 e. The molecule has 2 amide bonds. The van der Waals surface area contributed by atoms with Gasteiger partial charge in [-0.25, -0.2) is 0 Å². The van der Waals surface area contributed by atoms with Crippen LogP contribution in [0.15, 0.2) is 23.1 Å². The summed E-state index contributed by atoms with van der Waals surface area (Å²) in [6.07, 6.45) is 0. The second kappa shape index (κ2) is 7.79. The molecule has 24 heavy (non-hydrogen) atoms. The fourth-order valence-corrected chi connectivity index (χ4v) is 3.00. The molecule has 2 rings (SSSR count). The molecule has 0 saturated carbocycles. The number of nitrogens with one attached hydrogen (secondary N) is 1. The first-order chi connectivity index (χ1) is 11.2. The third-order valence-corrected chi connectivity index (χ3v) is 4.18. The molecular weight excluding hydrogens is 328 g/mol. The van der Waals surface area contributed by atoms with Crippen LogP contribution in [-0.2, 0) is 9.59 Å². The lowest BCUT2D eigenvalue weighted by atomic mass is 10.1. The molecule has 0 unspecified atom stereocenters. The van der Waals surface area contributed by atoms with E-state index in [0.29, 0.717) is 19.0 Å². The molecule has 1 heterocycles. The Balaban J connectivity index is 1.83. The van der Waals surface area contributed by atoms with Crippen LogP contribution in [0.2, 0.25) is 0 Å². The van der Waals surface area contributed by atoms with Gasteiger partial charge in [0.1, 0.15) is 13.2 Å². The highest BCUT2D eigenvalue weighted by atomic mass is 32.2. The number of carbonyl (C=O) groups is 2. The Bertz CT molecular complexity index is 613. The van der Waals surface area contributed by atoms with Crippen molar-refractivity contribution in [1.29, 1.82) is 0 Å². The molecule has 0 aliphatic carbocycles. The summed E-state index contributed by atoms with van der Waals surface area (Å²) < 4.78 is 11.0. The number of amides is 2. The zero-order chi connectivity index (χ0) is 17.7. The van der Waals surface area contributed by atoms with E-state index in [1.54, 1.807) is 7.05 Å². The third-order valence-electron chi connectivity index (χ3n) is 3.20. The van der Waals surface area contributed by atoms with Crippen LogP contribution in [0.5, 0.6) is 11.5 Å². The second-order valence-electron chi connectivity index (χ2n) is 6.64. The van der Waals surface area contributed by atoms with Crippen molar-refractivity contribution in [3.8, 4) is 11.5 Å². The SMILES string of the molecule is CN(CC(=O)NC(C)(C)C)C(=O)CSc1ccc2c(c1)OCCO2. The highest BCUT2D eigenvalue weighted by Gasteiger charge is 2.18. The number of benzene rings is 1. The van der Waals surface area contributed by atoms with Gasteiger partial charge >= 0.3 is 0 Å². The predicted octanol–water partition coefficient (Wildman–Crippen LogP) is 1.92. The van der Waals surface area contributed by atoms with Gasteiger partial charge in [0, 0.05) is 17.5 Å². The van der Waals surface area contributed by atoms with Gasteiger partial charge in [0.2, 0.25) is 11.8 Å². The minimum atomic E-state index is -0.305. The van der Waals surface area contributed by atoms with Crippen LogP contribution in [0.25, 0.3) is 0 Å². The molecular formula is C17H24N2O4S. The Morgan fingerprint density at radius 2 is 1.88 bits per heavy atom. The van der Waals surface area contributed by atoms with Gasteiger partial charge < -0.3 is 19.7 Å². The normalized spacial score (nSPS) is 13.3. The van der Waals surface area contributed by atoms with Gasteiger partial charge in [-0.15, -0.1) is 11.8 Å². The lowest BCUT2D eigenvalue weighted by Gasteiger charge is -2.23. The quantitative estimate of drug-likeness (QED) is 0.820. The summed E-state index contributed by atoms with van der Waals surface area (Å²) in [5.41, 5.74) is -0.305. The molecule has 1 aromatic carbocycles. The maximum absolute atomic E-state index is 12.2. The highest BCUT2D eigenvalue weighted by molar-refractivity contribution is 8.00. The summed E-state index contributed by atoms with van der Waals surface area (Å²) in [5.74, 6) is 1.44. The number of ether oxygens (including phenoxy) is 2. The van der Waals surface area contributed by atoms with E-state index < -0.39 is 0 Å². The van der Waals surface area contributed by atoms with Crippen LogP contribution in [0.3, 0.4) is 0 Å². The predicted molar refractivity (Wildman–Crippen MR) is 93.7 cm³/mol. The van der Waals surface area contributed by atoms with Crippen LogP contribution in [0.1, 0.15) is 20.8 Å². The molecule has 132 valence electrons.